The van der Waals surface area contributed by atoms with Gasteiger partial charge in [0.2, 0.25) is 5.91 Å². The van der Waals surface area contributed by atoms with Gasteiger partial charge in [-0.3, -0.25) is 9.69 Å². The van der Waals surface area contributed by atoms with E-state index in [2.05, 4.69) is 24.1 Å². The molecule has 0 aliphatic carbocycles. The van der Waals surface area contributed by atoms with Crippen molar-refractivity contribution in [3.8, 4) is 0 Å². The first kappa shape index (κ1) is 14.4. The first-order valence-corrected chi connectivity index (χ1v) is 6.33. The van der Waals surface area contributed by atoms with Crippen LogP contribution in [-0.2, 0) is 9.53 Å². The lowest BCUT2D eigenvalue weighted by atomic mass is 10.1. The number of morpholine rings is 1. The molecule has 0 aromatic rings. The molecule has 3 N–H and O–H groups in total. The summed E-state index contributed by atoms with van der Waals surface area (Å²) in [6, 6.07) is -0.217. The third-order valence-electron chi connectivity index (χ3n) is 3.03. The van der Waals surface area contributed by atoms with Crippen LogP contribution >= 0.6 is 0 Å². The smallest absolute Gasteiger partial charge is 0.234 e. The van der Waals surface area contributed by atoms with E-state index in [-0.39, 0.29) is 17.6 Å². The maximum Gasteiger partial charge on any atom is 0.234 e. The molecule has 5 nitrogen and oxygen atoms in total. The fraction of sp³-hybridized carbons (Fsp3) is 0.917. The minimum absolute atomic E-state index is 0.0847. The molecule has 100 valence electrons. The number of hydrogen-bond donors (Lipinski definition) is 2. The predicted octanol–water partition coefficient (Wildman–Crippen LogP) is -0.0493. The first-order valence-electron chi connectivity index (χ1n) is 6.33. The van der Waals surface area contributed by atoms with Crippen LogP contribution < -0.4 is 11.1 Å². The second kappa shape index (κ2) is 6.33. The van der Waals surface area contributed by atoms with Gasteiger partial charge in [0, 0.05) is 19.6 Å². The van der Waals surface area contributed by atoms with Gasteiger partial charge >= 0.3 is 0 Å². The zero-order valence-corrected chi connectivity index (χ0v) is 11.2. The van der Waals surface area contributed by atoms with Crippen molar-refractivity contribution < 1.29 is 9.53 Å². The molecule has 17 heavy (non-hydrogen) atoms. The van der Waals surface area contributed by atoms with E-state index in [0.717, 1.165) is 39.2 Å². The lowest BCUT2D eigenvalue weighted by Crippen LogP contribution is -2.50. The molecular weight excluding hydrogens is 218 g/mol. The Bertz CT molecular complexity index is 256. The Hall–Kier alpha value is -0.650. The van der Waals surface area contributed by atoms with Crippen molar-refractivity contribution in [2.45, 2.75) is 38.8 Å². The fourth-order valence-electron chi connectivity index (χ4n) is 2.21. The summed E-state index contributed by atoms with van der Waals surface area (Å²) in [7, 11) is 0. The quantitative estimate of drug-likeness (QED) is 0.686. The zero-order chi connectivity index (χ0) is 12.9. The number of nitrogens with one attached hydrogen (secondary N) is 1. The van der Waals surface area contributed by atoms with Crippen LogP contribution in [0.1, 0.15) is 27.2 Å². The number of nitrogens with zero attached hydrogens (tertiary/aromatic N) is 1. The average molecular weight is 243 g/mol. The minimum Gasteiger partial charge on any atom is -0.373 e. The highest BCUT2D eigenvalue weighted by Gasteiger charge is 2.27. The molecule has 1 amide bonds. The van der Waals surface area contributed by atoms with Crippen molar-refractivity contribution in [1.82, 2.24) is 10.2 Å². The number of ether oxygens (including phenoxy) is 1. The monoisotopic (exact) mass is 243 g/mol. The van der Waals surface area contributed by atoms with E-state index in [1.54, 1.807) is 0 Å². The van der Waals surface area contributed by atoms with E-state index in [1.807, 2.05) is 6.92 Å². The number of hydrogen-bond acceptors (Lipinski definition) is 4. The van der Waals surface area contributed by atoms with Crippen LogP contribution in [0.2, 0.25) is 0 Å². The second-order valence-electron chi connectivity index (χ2n) is 5.19. The molecule has 1 saturated heterocycles. The van der Waals surface area contributed by atoms with Gasteiger partial charge in [-0.15, -0.1) is 0 Å². The Kier molecular flexibility index (Phi) is 5.36. The predicted molar refractivity (Wildman–Crippen MR) is 67.7 cm³/mol. The van der Waals surface area contributed by atoms with Crippen molar-refractivity contribution >= 4 is 5.91 Å². The average Bonchev–Trinajstić information content (AvgIpc) is 2.22. The van der Waals surface area contributed by atoms with Crippen LogP contribution in [0.25, 0.3) is 0 Å². The van der Waals surface area contributed by atoms with E-state index in [9.17, 15) is 4.79 Å². The molecule has 1 fully saturated rings. The Balaban J connectivity index is 2.35. The Morgan fingerprint density at radius 3 is 2.82 bits per heavy atom. The van der Waals surface area contributed by atoms with Gasteiger partial charge in [0.15, 0.2) is 0 Å². The Labute approximate surface area is 104 Å². The molecule has 0 bridgehead atoms. The maximum absolute atomic E-state index is 11.2. The summed E-state index contributed by atoms with van der Waals surface area (Å²) in [6.45, 7) is 10.4. The van der Waals surface area contributed by atoms with E-state index in [0.29, 0.717) is 0 Å². The number of likely N-dealkylation sites (N-methyl/N-ethyl adjacent to an activating group) is 1. The molecule has 0 spiro atoms. The number of amides is 1. The van der Waals surface area contributed by atoms with Gasteiger partial charge in [-0.05, 0) is 26.8 Å². The van der Waals surface area contributed by atoms with Gasteiger partial charge in [0.1, 0.15) is 0 Å². The summed E-state index contributed by atoms with van der Waals surface area (Å²) in [6.07, 6.45) is 0.763. The molecule has 1 unspecified atom stereocenters. The summed E-state index contributed by atoms with van der Waals surface area (Å²) in [5.41, 5.74) is 5.26. The van der Waals surface area contributed by atoms with E-state index in [1.165, 1.54) is 0 Å². The summed E-state index contributed by atoms with van der Waals surface area (Å²) < 4.78 is 5.65. The van der Waals surface area contributed by atoms with Gasteiger partial charge in [0.25, 0.3) is 0 Å². The summed E-state index contributed by atoms with van der Waals surface area (Å²) in [5, 5.41) is 3.11. The Morgan fingerprint density at radius 2 is 2.29 bits per heavy atom. The second-order valence-corrected chi connectivity index (χ2v) is 5.19. The lowest BCUT2D eigenvalue weighted by molar-refractivity contribution is -0.120. The van der Waals surface area contributed by atoms with Crippen LogP contribution in [0.3, 0.4) is 0 Å². The van der Waals surface area contributed by atoms with Gasteiger partial charge < -0.3 is 15.8 Å². The highest BCUT2D eigenvalue weighted by atomic mass is 16.5. The zero-order valence-electron chi connectivity index (χ0n) is 11.2. The van der Waals surface area contributed by atoms with Gasteiger partial charge in [-0.1, -0.05) is 6.92 Å². The fourth-order valence-corrected chi connectivity index (χ4v) is 2.21. The molecule has 1 atom stereocenters. The van der Waals surface area contributed by atoms with E-state index < -0.39 is 0 Å². The molecule has 0 saturated carbocycles. The van der Waals surface area contributed by atoms with Crippen molar-refractivity contribution in [2.75, 3.05) is 32.8 Å². The van der Waals surface area contributed by atoms with Crippen LogP contribution in [0, 0.1) is 0 Å². The number of nitrogens with two attached hydrogens (primary N) is 1. The SMILES string of the molecule is CCNC(CCN1CCOC(C)(C)C1)C(N)=O. The highest BCUT2D eigenvalue weighted by molar-refractivity contribution is 5.79. The van der Waals surface area contributed by atoms with Gasteiger partial charge in [-0.2, -0.15) is 0 Å². The van der Waals surface area contributed by atoms with Gasteiger partial charge in [0.05, 0.1) is 18.2 Å². The third kappa shape index (κ3) is 5.02. The number of carbonyl (C=O) groups is 1. The minimum atomic E-state index is -0.264. The topological polar surface area (TPSA) is 67.6 Å². The molecule has 0 aromatic carbocycles. The number of rotatable bonds is 6. The molecular formula is C12H25N3O2. The molecule has 1 aliphatic rings. The van der Waals surface area contributed by atoms with Crippen LogP contribution in [-0.4, -0.2) is 55.2 Å². The summed E-state index contributed by atoms with van der Waals surface area (Å²) >= 11 is 0. The molecule has 0 aromatic heterocycles. The third-order valence-corrected chi connectivity index (χ3v) is 3.03. The van der Waals surface area contributed by atoms with Gasteiger partial charge in [-0.25, -0.2) is 0 Å². The highest BCUT2D eigenvalue weighted by Crippen LogP contribution is 2.16. The van der Waals surface area contributed by atoms with Crippen molar-refractivity contribution in [2.24, 2.45) is 5.73 Å². The first-order chi connectivity index (χ1) is 7.94. The Morgan fingerprint density at radius 1 is 1.59 bits per heavy atom. The lowest BCUT2D eigenvalue weighted by Gasteiger charge is -2.38. The normalized spacial score (nSPS) is 22.3. The molecule has 1 heterocycles. The van der Waals surface area contributed by atoms with Crippen molar-refractivity contribution in [3.05, 3.63) is 0 Å². The van der Waals surface area contributed by atoms with E-state index in [4.69, 9.17) is 10.5 Å². The molecule has 1 aliphatic heterocycles. The van der Waals surface area contributed by atoms with Crippen LogP contribution in [0.5, 0.6) is 0 Å². The van der Waals surface area contributed by atoms with Crippen LogP contribution in [0.15, 0.2) is 0 Å². The van der Waals surface area contributed by atoms with Crippen molar-refractivity contribution in [1.29, 1.82) is 0 Å². The summed E-state index contributed by atoms with van der Waals surface area (Å²) in [4.78, 5) is 13.5. The largest absolute Gasteiger partial charge is 0.373 e. The van der Waals surface area contributed by atoms with Crippen molar-refractivity contribution in [3.63, 3.8) is 0 Å². The van der Waals surface area contributed by atoms with E-state index >= 15 is 0 Å². The number of primary amides is 1. The standard InChI is InChI=1S/C12H25N3O2/c1-4-14-10(11(13)16)5-6-15-7-8-17-12(2,3)9-15/h10,14H,4-9H2,1-3H3,(H2,13,16). The molecule has 1 rings (SSSR count). The summed E-state index contributed by atoms with van der Waals surface area (Å²) in [5.74, 6) is -0.264. The number of carbonyl (C=O) groups excluding carboxylic acids is 1. The molecule has 0 radical (unpaired) electrons. The molecule has 5 heteroatoms. The van der Waals surface area contributed by atoms with Crippen LogP contribution in [0.4, 0.5) is 0 Å². The maximum atomic E-state index is 11.2.